The normalized spacial score (nSPS) is 11.3. The molecule has 2 heterocycles. The van der Waals surface area contributed by atoms with Gasteiger partial charge in [0.25, 0.3) is 5.91 Å². The molecule has 1 N–H and O–H groups in total. The Labute approximate surface area is 226 Å². The smallest absolute Gasteiger partial charge is 0.416 e. The maximum atomic E-state index is 13.0. The van der Waals surface area contributed by atoms with Crippen LogP contribution in [0.1, 0.15) is 28.6 Å². The average molecular weight is 584 g/mol. The second-order valence-electron chi connectivity index (χ2n) is 7.62. The summed E-state index contributed by atoms with van der Waals surface area (Å²) in [6, 6.07) is 12.1. The molecular weight excluding hydrogens is 567 g/mol. The highest BCUT2D eigenvalue weighted by Crippen LogP contribution is 2.44. The van der Waals surface area contributed by atoms with Crippen molar-refractivity contribution in [2.45, 2.75) is 19.5 Å². The fraction of sp³-hybridized carbons (Fsp3) is 0.167. The topological polar surface area (TPSA) is 104 Å². The largest absolute Gasteiger partial charge is 0.494 e. The van der Waals surface area contributed by atoms with Gasteiger partial charge in [-0.3, -0.25) is 20.2 Å². The maximum Gasteiger partial charge on any atom is 0.416 e. The first-order valence-electron chi connectivity index (χ1n) is 10.9. The molecule has 0 unspecified atom stereocenters. The number of benzene rings is 2. The second kappa shape index (κ2) is 11.4. The van der Waals surface area contributed by atoms with Crippen LogP contribution in [0, 0.1) is 10.1 Å². The van der Waals surface area contributed by atoms with E-state index >= 15 is 0 Å². The van der Waals surface area contributed by atoms with Gasteiger partial charge >= 0.3 is 11.2 Å². The molecule has 0 aliphatic rings. The van der Waals surface area contributed by atoms with Gasteiger partial charge in [-0.25, -0.2) is 4.98 Å². The van der Waals surface area contributed by atoms with Crippen molar-refractivity contribution in [1.82, 2.24) is 4.98 Å². The Morgan fingerprint density at radius 3 is 2.47 bits per heavy atom. The number of ether oxygens (including phenoxy) is 2. The molecule has 0 atom stereocenters. The zero-order valence-electron chi connectivity index (χ0n) is 19.4. The van der Waals surface area contributed by atoms with E-state index in [4.69, 9.17) is 21.1 Å². The summed E-state index contributed by atoms with van der Waals surface area (Å²) in [4.78, 5) is 27.5. The number of nitrogens with zero attached hydrogens (tertiary/aromatic N) is 2. The van der Waals surface area contributed by atoms with Crippen molar-refractivity contribution in [3.05, 3.63) is 80.2 Å². The van der Waals surface area contributed by atoms with Crippen molar-refractivity contribution in [1.29, 1.82) is 0 Å². The molecule has 0 aliphatic carbocycles. The number of carbonyl (C=O) groups excluding carboxylic acids is 1. The molecule has 8 nitrogen and oxygen atoms in total. The number of thiazole rings is 1. The fourth-order valence-corrected chi connectivity index (χ4v) is 4.89. The van der Waals surface area contributed by atoms with E-state index in [9.17, 15) is 28.1 Å². The standard InChI is InChI=1S/C24H17ClF3N3O5S2/c1-2-11-35-15-6-3-13(4-7-15)20-22(36-17-8-5-14(12-16(17)25)24(26,27)28)38-23(29-20)30-21(32)18-9-10-19(37-18)31(33)34/h3-10,12H,2,11H2,1H3,(H,29,30,32). The van der Waals surface area contributed by atoms with E-state index in [1.54, 1.807) is 24.3 Å². The van der Waals surface area contributed by atoms with Crippen molar-refractivity contribution >= 4 is 50.3 Å². The van der Waals surface area contributed by atoms with E-state index in [-0.39, 0.29) is 30.8 Å². The number of amides is 1. The molecular formula is C24H17ClF3N3O5S2. The van der Waals surface area contributed by atoms with Gasteiger partial charge in [0.05, 0.1) is 27.0 Å². The number of nitrogens with one attached hydrogen (secondary N) is 1. The molecule has 38 heavy (non-hydrogen) atoms. The third-order valence-electron chi connectivity index (χ3n) is 4.87. The van der Waals surface area contributed by atoms with Crippen LogP contribution in [-0.2, 0) is 6.18 Å². The molecule has 0 fully saturated rings. The van der Waals surface area contributed by atoms with Crippen molar-refractivity contribution in [3.63, 3.8) is 0 Å². The lowest BCUT2D eigenvalue weighted by Crippen LogP contribution is -2.09. The summed E-state index contributed by atoms with van der Waals surface area (Å²) in [6.07, 6.45) is -3.75. The molecule has 4 rings (SSSR count). The summed E-state index contributed by atoms with van der Waals surface area (Å²) in [6.45, 7) is 2.51. The minimum Gasteiger partial charge on any atom is -0.494 e. The van der Waals surface area contributed by atoms with Gasteiger partial charge in [0.15, 0.2) is 5.13 Å². The first kappa shape index (κ1) is 27.4. The van der Waals surface area contributed by atoms with Crippen LogP contribution in [0.25, 0.3) is 11.3 Å². The third-order valence-corrected chi connectivity index (χ3v) is 7.05. The molecule has 0 saturated carbocycles. The van der Waals surface area contributed by atoms with Gasteiger partial charge in [-0.15, -0.1) is 0 Å². The molecule has 4 aromatic rings. The van der Waals surface area contributed by atoms with Crippen molar-refractivity contribution in [2.24, 2.45) is 0 Å². The predicted octanol–water partition coefficient (Wildman–Crippen LogP) is 8.29. The Morgan fingerprint density at radius 1 is 1.13 bits per heavy atom. The van der Waals surface area contributed by atoms with Crippen LogP contribution in [0.4, 0.5) is 23.3 Å². The molecule has 0 spiro atoms. The minimum atomic E-state index is -4.58. The fourth-order valence-electron chi connectivity index (χ4n) is 3.11. The lowest BCUT2D eigenvalue weighted by molar-refractivity contribution is -0.380. The number of aromatic nitrogens is 1. The lowest BCUT2D eigenvalue weighted by Gasteiger charge is -2.11. The molecule has 2 aromatic heterocycles. The van der Waals surface area contributed by atoms with Crippen LogP contribution >= 0.6 is 34.3 Å². The van der Waals surface area contributed by atoms with Gasteiger partial charge in [0.1, 0.15) is 17.2 Å². The van der Waals surface area contributed by atoms with E-state index in [2.05, 4.69) is 10.3 Å². The molecule has 14 heteroatoms. The first-order chi connectivity index (χ1) is 18.0. The quantitative estimate of drug-likeness (QED) is 0.157. The van der Waals surface area contributed by atoms with Crippen molar-refractivity contribution < 1.29 is 32.4 Å². The van der Waals surface area contributed by atoms with E-state index in [1.165, 1.54) is 12.1 Å². The molecule has 1 amide bonds. The number of carbonyl (C=O) groups is 1. The van der Waals surface area contributed by atoms with Crippen molar-refractivity contribution in [2.75, 3.05) is 11.9 Å². The number of halogens is 4. The highest BCUT2D eigenvalue weighted by atomic mass is 35.5. The van der Waals surface area contributed by atoms with E-state index in [0.29, 0.717) is 35.0 Å². The van der Waals surface area contributed by atoms with Crippen LogP contribution in [0.3, 0.4) is 0 Å². The molecule has 0 aliphatic heterocycles. The third kappa shape index (κ3) is 6.41. The highest BCUT2D eigenvalue weighted by molar-refractivity contribution is 7.19. The molecule has 0 radical (unpaired) electrons. The van der Waals surface area contributed by atoms with Gasteiger partial charge in [-0.2, -0.15) is 13.2 Å². The summed E-state index contributed by atoms with van der Waals surface area (Å²) in [5.41, 5.74) is -0.0594. The van der Waals surface area contributed by atoms with Gasteiger partial charge in [-0.1, -0.05) is 41.2 Å². The Balaban J connectivity index is 1.66. The Bertz CT molecular complexity index is 1470. The van der Waals surface area contributed by atoms with Gasteiger partial charge in [-0.05, 0) is 55.0 Å². The van der Waals surface area contributed by atoms with E-state index < -0.39 is 22.6 Å². The molecule has 198 valence electrons. The Morgan fingerprint density at radius 2 is 1.87 bits per heavy atom. The van der Waals surface area contributed by atoms with Gasteiger partial charge in [0.2, 0.25) is 5.06 Å². The zero-order chi connectivity index (χ0) is 27.4. The number of nitro groups is 1. The molecule has 0 saturated heterocycles. The van der Waals surface area contributed by atoms with Crippen LogP contribution in [0.5, 0.6) is 16.6 Å². The lowest BCUT2D eigenvalue weighted by atomic mass is 10.1. The summed E-state index contributed by atoms with van der Waals surface area (Å²) >= 11 is 7.69. The Hall–Kier alpha value is -3.68. The number of hydrogen-bond acceptors (Lipinski definition) is 8. The SMILES string of the molecule is CCCOc1ccc(-c2nc(NC(=O)c3ccc([N+](=O)[O-])s3)sc2Oc2ccc(C(F)(F)F)cc2Cl)cc1. The number of hydrogen-bond donors (Lipinski definition) is 1. The van der Waals surface area contributed by atoms with Crippen LogP contribution in [0.15, 0.2) is 54.6 Å². The zero-order valence-corrected chi connectivity index (χ0v) is 21.8. The second-order valence-corrected chi connectivity index (χ2v) is 10.1. The van der Waals surface area contributed by atoms with Crippen LogP contribution in [-0.4, -0.2) is 22.4 Å². The maximum absolute atomic E-state index is 13.0. The highest BCUT2D eigenvalue weighted by Gasteiger charge is 2.31. The summed E-state index contributed by atoms with van der Waals surface area (Å²) in [7, 11) is 0. The number of alkyl halides is 3. The predicted molar refractivity (Wildman–Crippen MR) is 139 cm³/mol. The number of anilines is 1. The summed E-state index contributed by atoms with van der Waals surface area (Å²) in [5.74, 6) is -0.0306. The minimum absolute atomic E-state index is 0.0424. The number of thiophene rings is 1. The first-order valence-corrected chi connectivity index (χ1v) is 12.9. The summed E-state index contributed by atoms with van der Waals surface area (Å²) in [5, 5.41) is 13.3. The summed E-state index contributed by atoms with van der Waals surface area (Å²) < 4.78 is 50.6. The van der Waals surface area contributed by atoms with Gasteiger partial charge in [0, 0.05) is 11.6 Å². The van der Waals surface area contributed by atoms with E-state index in [1.807, 2.05) is 6.92 Å². The van der Waals surface area contributed by atoms with Crippen LogP contribution in [0.2, 0.25) is 5.02 Å². The van der Waals surface area contributed by atoms with Crippen LogP contribution < -0.4 is 14.8 Å². The Kier molecular flexibility index (Phi) is 8.19. The van der Waals surface area contributed by atoms with E-state index in [0.717, 1.165) is 36.0 Å². The monoisotopic (exact) mass is 583 g/mol. The number of rotatable bonds is 9. The van der Waals surface area contributed by atoms with Crippen molar-refractivity contribution in [3.8, 4) is 27.8 Å². The molecule has 0 bridgehead atoms. The van der Waals surface area contributed by atoms with Gasteiger partial charge < -0.3 is 9.47 Å². The molecule has 2 aromatic carbocycles. The average Bonchev–Trinajstić information content (AvgIpc) is 3.52.